The van der Waals surface area contributed by atoms with Crippen molar-refractivity contribution in [1.29, 1.82) is 0 Å². The molecule has 2 aromatic carbocycles. The number of hydrogen-bond acceptors (Lipinski definition) is 2. The van der Waals surface area contributed by atoms with Crippen molar-refractivity contribution in [2.75, 3.05) is 0 Å². The smallest absolute Gasteiger partial charge is 0.119 e. The molecule has 0 saturated heterocycles. The second-order valence-corrected chi connectivity index (χ2v) is 6.23. The molecule has 0 bridgehead atoms. The SMILES string of the molecule is O=CCCCCc1ccc2cc(-c3cccs3)ccc2c1. The van der Waals surface area contributed by atoms with Gasteiger partial charge < -0.3 is 4.79 Å². The van der Waals surface area contributed by atoms with E-state index in [1.807, 2.05) is 0 Å². The van der Waals surface area contributed by atoms with Crippen LogP contribution in [0.5, 0.6) is 0 Å². The van der Waals surface area contributed by atoms with Crippen LogP contribution >= 0.6 is 11.3 Å². The van der Waals surface area contributed by atoms with Gasteiger partial charge in [0, 0.05) is 11.3 Å². The zero-order chi connectivity index (χ0) is 14.5. The molecular weight excluding hydrogens is 276 g/mol. The van der Waals surface area contributed by atoms with Crippen molar-refractivity contribution in [1.82, 2.24) is 0 Å². The van der Waals surface area contributed by atoms with E-state index in [4.69, 9.17) is 0 Å². The minimum absolute atomic E-state index is 0.678. The molecule has 0 radical (unpaired) electrons. The Morgan fingerprint density at radius 2 is 1.81 bits per heavy atom. The van der Waals surface area contributed by atoms with E-state index in [0.717, 1.165) is 25.5 Å². The summed E-state index contributed by atoms with van der Waals surface area (Å²) in [6, 6.07) is 17.6. The molecule has 1 aromatic heterocycles. The first kappa shape index (κ1) is 14.0. The predicted octanol–water partition coefficient (Wildman–Crippen LogP) is 5.48. The highest BCUT2D eigenvalue weighted by Gasteiger charge is 2.02. The van der Waals surface area contributed by atoms with Crippen LogP contribution in [-0.2, 0) is 11.2 Å². The Morgan fingerprint density at radius 1 is 0.952 bits per heavy atom. The summed E-state index contributed by atoms with van der Waals surface area (Å²) in [5.74, 6) is 0. The van der Waals surface area contributed by atoms with Gasteiger partial charge in [-0.15, -0.1) is 11.3 Å². The third-order valence-corrected chi connectivity index (χ3v) is 4.67. The molecule has 0 saturated carbocycles. The van der Waals surface area contributed by atoms with Crippen molar-refractivity contribution in [2.24, 2.45) is 0 Å². The van der Waals surface area contributed by atoms with Crippen molar-refractivity contribution >= 4 is 28.4 Å². The van der Waals surface area contributed by atoms with E-state index in [9.17, 15) is 4.79 Å². The summed E-state index contributed by atoms with van der Waals surface area (Å²) in [7, 11) is 0. The molecule has 1 nitrogen and oxygen atoms in total. The maximum absolute atomic E-state index is 10.3. The fourth-order valence-corrected chi connectivity index (χ4v) is 3.33. The number of fused-ring (bicyclic) bond motifs is 1. The van der Waals surface area contributed by atoms with Gasteiger partial charge in [-0.1, -0.05) is 36.4 Å². The molecule has 0 aliphatic heterocycles. The number of aryl methyl sites for hydroxylation is 1. The monoisotopic (exact) mass is 294 g/mol. The zero-order valence-corrected chi connectivity index (χ0v) is 12.7. The minimum Gasteiger partial charge on any atom is -0.303 e. The van der Waals surface area contributed by atoms with Crippen molar-refractivity contribution in [3.8, 4) is 10.4 Å². The Kier molecular flexibility index (Phi) is 4.46. The average Bonchev–Trinajstić information content (AvgIpc) is 3.05. The molecule has 0 atom stereocenters. The van der Waals surface area contributed by atoms with E-state index in [-0.39, 0.29) is 0 Å². The van der Waals surface area contributed by atoms with Gasteiger partial charge in [-0.25, -0.2) is 0 Å². The lowest BCUT2D eigenvalue weighted by Crippen LogP contribution is -1.87. The summed E-state index contributed by atoms with van der Waals surface area (Å²) >= 11 is 1.77. The first-order valence-corrected chi connectivity index (χ1v) is 8.25. The number of unbranched alkanes of at least 4 members (excludes halogenated alkanes) is 2. The largest absolute Gasteiger partial charge is 0.303 e. The molecular formula is C19H18OS. The van der Waals surface area contributed by atoms with Crippen LogP contribution in [0.25, 0.3) is 21.2 Å². The highest BCUT2D eigenvalue weighted by Crippen LogP contribution is 2.28. The van der Waals surface area contributed by atoms with E-state index in [1.54, 1.807) is 11.3 Å². The summed E-state index contributed by atoms with van der Waals surface area (Å²) in [6.45, 7) is 0. The van der Waals surface area contributed by atoms with Gasteiger partial charge in [0.15, 0.2) is 0 Å². The molecule has 2 heteroatoms. The van der Waals surface area contributed by atoms with Gasteiger partial charge in [-0.05, 0) is 58.7 Å². The number of aldehydes is 1. The normalized spacial score (nSPS) is 10.9. The number of carbonyl (C=O) groups excluding carboxylic acids is 1. The van der Waals surface area contributed by atoms with Gasteiger partial charge in [-0.3, -0.25) is 0 Å². The fraction of sp³-hybridized carbons (Fsp3) is 0.211. The van der Waals surface area contributed by atoms with E-state index >= 15 is 0 Å². The van der Waals surface area contributed by atoms with Crippen LogP contribution in [0.15, 0.2) is 53.9 Å². The van der Waals surface area contributed by atoms with Gasteiger partial charge in [0.2, 0.25) is 0 Å². The lowest BCUT2D eigenvalue weighted by Gasteiger charge is -2.05. The Morgan fingerprint density at radius 3 is 2.62 bits per heavy atom. The number of hydrogen-bond donors (Lipinski definition) is 0. The molecule has 1 heterocycles. The van der Waals surface area contributed by atoms with Crippen LogP contribution in [0.4, 0.5) is 0 Å². The van der Waals surface area contributed by atoms with Gasteiger partial charge in [0.05, 0.1) is 0 Å². The van der Waals surface area contributed by atoms with E-state index < -0.39 is 0 Å². The van der Waals surface area contributed by atoms with Gasteiger partial charge in [0.1, 0.15) is 6.29 Å². The molecule has 0 unspecified atom stereocenters. The third-order valence-electron chi connectivity index (χ3n) is 3.75. The van der Waals surface area contributed by atoms with E-state index in [0.29, 0.717) is 6.42 Å². The minimum atomic E-state index is 0.678. The first-order valence-electron chi connectivity index (χ1n) is 7.37. The van der Waals surface area contributed by atoms with Crippen LogP contribution in [0.1, 0.15) is 24.8 Å². The van der Waals surface area contributed by atoms with E-state index in [2.05, 4.69) is 53.9 Å². The first-order chi connectivity index (χ1) is 10.4. The average molecular weight is 294 g/mol. The molecule has 0 spiro atoms. The lowest BCUT2D eigenvalue weighted by atomic mass is 10.0. The van der Waals surface area contributed by atoms with Crippen LogP contribution in [0, 0.1) is 0 Å². The standard InChI is InChI=1S/C19H18OS/c20-11-3-1-2-5-15-7-8-17-14-18(10-9-16(17)13-15)19-6-4-12-21-19/h4,6-14H,1-3,5H2. The Labute approximate surface area is 129 Å². The Balaban J connectivity index is 1.79. The van der Waals surface area contributed by atoms with Crippen molar-refractivity contribution < 1.29 is 4.79 Å². The molecule has 0 aliphatic carbocycles. The van der Waals surface area contributed by atoms with Crippen LogP contribution in [0.3, 0.4) is 0 Å². The predicted molar refractivity (Wildman–Crippen MR) is 90.9 cm³/mol. The van der Waals surface area contributed by atoms with Crippen molar-refractivity contribution in [2.45, 2.75) is 25.7 Å². The highest BCUT2D eigenvalue weighted by atomic mass is 32.1. The zero-order valence-electron chi connectivity index (χ0n) is 11.9. The fourth-order valence-electron chi connectivity index (χ4n) is 2.60. The number of carbonyl (C=O) groups is 1. The molecule has 21 heavy (non-hydrogen) atoms. The molecule has 0 aliphatic rings. The quantitative estimate of drug-likeness (QED) is 0.434. The molecule has 3 rings (SSSR count). The summed E-state index contributed by atoms with van der Waals surface area (Å²) in [6.07, 6.45) is 4.80. The molecule has 3 aromatic rings. The van der Waals surface area contributed by atoms with Gasteiger partial charge in [-0.2, -0.15) is 0 Å². The number of rotatable bonds is 6. The number of benzene rings is 2. The number of thiophene rings is 1. The second kappa shape index (κ2) is 6.68. The third kappa shape index (κ3) is 3.40. The van der Waals surface area contributed by atoms with Gasteiger partial charge in [0.25, 0.3) is 0 Å². The summed E-state index contributed by atoms with van der Waals surface area (Å²) in [5, 5.41) is 4.70. The summed E-state index contributed by atoms with van der Waals surface area (Å²) in [4.78, 5) is 11.6. The van der Waals surface area contributed by atoms with Crippen LogP contribution < -0.4 is 0 Å². The van der Waals surface area contributed by atoms with E-state index in [1.165, 1.54) is 26.8 Å². The van der Waals surface area contributed by atoms with Crippen molar-refractivity contribution in [3.63, 3.8) is 0 Å². The summed E-state index contributed by atoms with van der Waals surface area (Å²) < 4.78 is 0. The van der Waals surface area contributed by atoms with Crippen molar-refractivity contribution in [3.05, 3.63) is 59.5 Å². The lowest BCUT2D eigenvalue weighted by molar-refractivity contribution is -0.107. The molecule has 0 amide bonds. The maximum Gasteiger partial charge on any atom is 0.119 e. The molecule has 106 valence electrons. The highest BCUT2D eigenvalue weighted by molar-refractivity contribution is 7.13. The Bertz CT molecular complexity index is 728. The summed E-state index contributed by atoms with van der Waals surface area (Å²) in [5.41, 5.74) is 2.65. The maximum atomic E-state index is 10.3. The molecule has 0 fully saturated rings. The topological polar surface area (TPSA) is 17.1 Å². The molecule has 0 N–H and O–H groups in total. The van der Waals surface area contributed by atoms with Gasteiger partial charge >= 0.3 is 0 Å². The van der Waals surface area contributed by atoms with Crippen LogP contribution in [0.2, 0.25) is 0 Å². The second-order valence-electron chi connectivity index (χ2n) is 5.29. The van der Waals surface area contributed by atoms with Crippen LogP contribution in [-0.4, -0.2) is 6.29 Å². The Hall–Kier alpha value is -1.93.